The Hall–Kier alpha value is -2.35. The summed E-state index contributed by atoms with van der Waals surface area (Å²) < 4.78 is 1.96. The molecule has 0 unspecified atom stereocenters. The van der Waals surface area contributed by atoms with Gasteiger partial charge in [0.15, 0.2) is 5.96 Å². The van der Waals surface area contributed by atoms with Crippen molar-refractivity contribution in [1.29, 1.82) is 0 Å². The van der Waals surface area contributed by atoms with Gasteiger partial charge in [0.05, 0.1) is 12.7 Å². The number of guanidine groups is 1. The van der Waals surface area contributed by atoms with Crippen LogP contribution >= 0.6 is 24.0 Å². The fraction of sp³-hybridized carbons (Fsp3) is 0.238. The molecule has 1 heterocycles. The Bertz CT molecular complexity index is 815. The number of benzene rings is 2. The minimum absolute atomic E-state index is 0. The van der Waals surface area contributed by atoms with Gasteiger partial charge >= 0.3 is 0 Å². The predicted octanol–water partition coefficient (Wildman–Crippen LogP) is 3.46. The van der Waals surface area contributed by atoms with Gasteiger partial charge in [-0.2, -0.15) is 5.10 Å². The Labute approximate surface area is 177 Å². The van der Waals surface area contributed by atoms with Crippen molar-refractivity contribution in [3.8, 4) is 0 Å². The van der Waals surface area contributed by atoms with E-state index in [4.69, 9.17) is 0 Å². The van der Waals surface area contributed by atoms with Crippen LogP contribution in [0.5, 0.6) is 0 Å². The van der Waals surface area contributed by atoms with E-state index in [2.05, 4.69) is 63.3 Å². The molecule has 2 N–H and O–H groups in total. The summed E-state index contributed by atoms with van der Waals surface area (Å²) in [5.74, 6) is 0.803. The maximum atomic E-state index is 4.43. The highest BCUT2D eigenvalue weighted by molar-refractivity contribution is 14.0. The van der Waals surface area contributed by atoms with E-state index in [-0.39, 0.29) is 24.0 Å². The van der Waals surface area contributed by atoms with Crippen LogP contribution in [0.15, 0.2) is 78.0 Å². The van der Waals surface area contributed by atoms with Gasteiger partial charge in [0.2, 0.25) is 0 Å². The van der Waals surface area contributed by atoms with Crippen LogP contribution in [0, 0.1) is 0 Å². The highest BCUT2D eigenvalue weighted by atomic mass is 127. The van der Waals surface area contributed by atoms with Gasteiger partial charge in [-0.15, -0.1) is 24.0 Å². The van der Waals surface area contributed by atoms with Crippen LogP contribution in [0.4, 0.5) is 0 Å². The van der Waals surface area contributed by atoms with Crippen molar-refractivity contribution >= 4 is 29.9 Å². The summed E-state index contributed by atoms with van der Waals surface area (Å²) in [6.07, 6.45) is 4.93. The minimum atomic E-state index is 0. The molecule has 0 aliphatic heterocycles. The lowest BCUT2D eigenvalue weighted by Crippen LogP contribution is -2.37. The van der Waals surface area contributed by atoms with Gasteiger partial charge in [-0.05, 0) is 17.5 Å². The van der Waals surface area contributed by atoms with Crippen molar-refractivity contribution < 1.29 is 0 Å². The number of hydrogen-bond acceptors (Lipinski definition) is 2. The van der Waals surface area contributed by atoms with Gasteiger partial charge in [0.25, 0.3) is 0 Å². The SMILES string of the molecule is CN=C(NCCc1ccccc1)NCc1cnn(Cc2ccccc2)c1.I. The molecular weight excluding hydrogens is 449 g/mol. The molecule has 0 saturated heterocycles. The average Bonchev–Trinajstić information content (AvgIpc) is 3.13. The van der Waals surface area contributed by atoms with Crippen LogP contribution in [-0.2, 0) is 19.5 Å². The Morgan fingerprint density at radius 1 is 0.926 bits per heavy atom. The van der Waals surface area contributed by atoms with Crippen LogP contribution in [0.25, 0.3) is 0 Å². The van der Waals surface area contributed by atoms with Crippen molar-refractivity contribution in [2.45, 2.75) is 19.5 Å². The van der Waals surface area contributed by atoms with Gasteiger partial charge in [-0.25, -0.2) is 0 Å². The van der Waals surface area contributed by atoms with E-state index in [1.807, 2.05) is 35.1 Å². The van der Waals surface area contributed by atoms with Gasteiger partial charge in [0.1, 0.15) is 0 Å². The first-order valence-corrected chi connectivity index (χ1v) is 8.87. The standard InChI is InChI=1S/C21H25N5.HI/c1-22-21(23-13-12-18-8-4-2-5-9-18)24-14-20-15-25-26(17-20)16-19-10-6-3-7-11-19;/h2-11,15,17H,12-14,16H2,1H3,(H2,22,23,24);1H. The second kappa shape index (κ2) is 11.4. The summed E-state index contributed by atoms with van der Waals surface area (Å²) in [4.78, 5) is 4.28. The van der Waals surface area contributed by atoms with Gasteiger partial charge in [0, 0.05) is 31.9 Å². The normalized spacial score (nSPS) is 10.9. The van der Waals surface area contributed by atoms with Gasteiger partial charge in [-0.3, -0.25) is 9.67 Å². The summed E-state index contributed by atoms with van der Waals surface area (Å²) in [7, 11) is 1.79. The molecular formula is C21H26IN5. The first-order chi connectivity index (χ1) is 12.8. The fourth-order valence-corrected chi connectivity index (χ4v) is 2.73. The first kappa shape index (κ1) is 21.0. The van der Waals surface area contributed by atoms with Crippen LogP contribution in [0.1, 0.15) is 16.7 Å². The molecule has 2 aromatic carbocycles. The Balaban J connectivity index is 0.00000261. The second-order valence-corrected chi connectivity index (χ2v) is 6.12. The molecule has 0 amide bonds. The predicted molar refractivity (Wildman–Crippen MR) is 122 cm³/mol. The summed E-state index contributed by atoms with van der Waals surface area (Å²) in [6, 6.07) is 20.8. The molecule has 3 aromatic rings. The second-order valence-electron chi connectivity index (χ2n) is 6.12. The van der Waals surface area contributed by atoms with E-state index < -0.39 is 0 Å². The highest BCUT2D eigenvalue weighted by Gasteiger charge is 2.02. The molecule has 1 aromatic heterocycles. The average molecular weight is 475 g/mol. The molecule has 0 spiro atoms. The van der Waals surface area contributed by atoms with Crippen LogP contribution < -0.4 is 10.6 Å². The van der Waals surface area contributed by atoms with E-state index in [9.17, 15) is 0 Å². The summed E-state index contributed by atoms with van der Waals surface area (Å²) in [5, 5.41) is 11.1. The lowest BCUT2D eigenvalue weighted by Gasteiger charge is -2.11. The largest absolute Gasteiger partial charge is 0.356 e. The topological polar surface area (TPSA) is 54.2 Å². The number of aliphatic imine (C=N–C) groups is 1. The molecule has 5 nitrogen and oxygen atoms in total. The lowest BCUT2D eigenvalue weighted by molar-refractivity contribution is 0.685. The zero-order valence-electron chi connectivity index (χ0n) is 15.5. The minimum Gasteiger partial charge on any atom is -0.356 e. The first-order valence-electron chi connectivity index (χ1n) is 8.87. The maximum Gasteiger partial charge on any atom is 0.191 e. The molecule has 6 heteroatoms. The fourth-order valence-electron chi connectivity index (χ4n) is 2.73. The number of hydrogen-bond donors (Lipinski definition) is 2. The van der Waals surface area contributed by atoms with E-state index >= 15 is 0 Å². The highest BCUT2D eigenvalue weighted by Crippen LogP contribution is 2.04. The molecule has 3 rings (SSSR count). The molecule has 0 fully saturated rings. The lowest BCUT2D eigenvalue weighted by atomic mass is 10.1. The summed E-state index contributed by atoms with van der Waals surface area (Å²) >= 11 is 0. The summed E-state index contributed by atoms with van der Waals surface area (Å²) in [5.41, 5.74) is 3.69. The molecule has 0 aliphatic carbocycles. The van der Waals surface area contributed by atoms with Crippen molar-refractivity contribution in [2.75, 3.05) is 13.6 Å². The van der Waals surface area contributed by atoms with E-state index in [1.165, 1.54) is 11.1 Å². The van der Waals surface area contributed by atoms with Crippen LogP contribution in [0.2, 0.25) is 0 Å². The molecule has 142 valence electrons. The van der Waals surface area contributed by atoms with E-state index in [0.717, 1.165) is 31.0 Å². The quantitative estimate of drug-likeness (QED) is 0.313. The van der Waals surface area contributed by atoms with Crippen molar-refractivity contribution in [3.63, 3.8) is 0 Å². The van der Waals surface area contributed by atoms with E-state index in [0.29, 0.717) is 6.54 Å². The van der Waals surface area contributed by atoms with Crippen LogP contribution in [-0.4, -0.2) is 29.3 Å². The Morgan fingerprint density at radius 2 is 1.59 bits per heavy atom. The Kier molecular flexibility index (Phi) is 8.83. The number of halogens is 1. The number of aromatic nitrogens is 2. The van der Waals surface area contributed by atoms with Gasteiger partial charge in [-0.1, -0.05) is 60.7 Å². The van der Waals surface area contributed by atoms with Crippen LogP contribution in [0.3, 0.4) is 0 Å². The monoisotopic (exact) mass is 475 g/mol. The number of nitrogens with one attached hydrogen (secondary N) is 2. The maximum absolute atomic E-state index is 4.43. The Morgan fingerprint density at radius 3 is 2.26 bits per heavy atom. The van der Waals surface area contributed by atoms with Crippen molar-refractivity contribution in [2.24, 2.45) is 4.99 Å². The zero-order valence-corrected chi connectivity index (χ0v) is 17.8. The third-order valence-electron chi connectivity index (χ3n) is 4.11. The molecule has 0 saturated carbocycles. The molecule has 27 heavy (non-hydrogen) atoms. The third-order valence-corrected chi connectivity index (χ3v) is 4.11. The van der Waals surface area contributed by atoms with E-state index in [1.54, 1.807) is 7.05 Å². The number of nitrogens with zero attached hydrogens (tertiary/aromatic N) is 3. The molecule has 0 aliphatic rings. The van der Waals surface area contributed by atoms with Gasteiger partial charge < -0.3 is 10.6 Å². The van der Waals surface area contributed by atoms with Crippen molar-refractivity contribution in [1.82, 2.24) is 20.4 Å². The summed E-state index contributed by atoms with van der Waals surface area (Å²) in [6.45, 7) is 2.32. The number of rotatable bonds is 7. The van der Waals surface area contributed by atoms with Crippen molar-refractivity contribution in [3.05, 3.63) is 89.7 Å². The molecule has 0 bridgehead atoms. The molecule has 0 radical (unpaired) electrons. The smallest absolute Gasteiger partial charge is 0.191 e. The zero-order chi connectivity index (χ0) is 18.0. The third kappa shape index (κ3) is 7.05. The molecule has 0 atom stereocenters.